The van der Waals surface area contributed by atoms with Crippen molar-refractivity contribution in [2.24, 2.45) is 11.7 Å². The zero-order valence-electron chi connectivity index (χ0n) is 12.2. The highest BCUT2D eigenvalue weighted by molar-refractivity contribution is 4.84. The monoisotopic (exact) mass is 253 g/mol. The Morgan fingerprint density at radius 2 is 1.56 bits per heavy atom. The number of hydrogen-bond acceptors (Lipinski definition) is 3. The van der Waals surface area contributed by atoms with E-state index in [2.05, 4.69) is 24.1 Å². The first-order chi connectivity index (χ1) is 8.63. The Hall–Kier alpha value is -0.120. The molecule has 0 aromatic carbocycles. The number of piperidine rings is 1. The molecule has 1 saturated carbocycles. The van der Waals surface area contributed by atoms with Gasteiger partial charge in [0, 0.05) is 24.7 Å². The fourth-order valence-electron chi connectivity index (χ4n) is 3.42. The quantitative estimate of drug-likeness (QED) is 0.805. The summed E-state index contributed by atoms with van der Waals surface area (Å²) >= 11 is 0. The lowest BCUT2D eigenvalue weighted by Gasteiger charge is -2.36. The lowest BCUT2D eigenvalue weighted by atomic mass is 9.90. The van der Waals surface area contributed by atoms with Crippen LogP contribution in [0, 0.1) is 5.92 Å². The van der Waals surface area contributed by atoms with Crippen molar-refractivity contribution in [1.82, 2.24) is 10.2 Å². The molecule has 106 valence electrons. The van der Waals surface area contributed by atoms with E-state index in [0.29, 0.717) is 6.04 Å². The molecule has 2 fully saturated rings. The van der Waals surface area contributed by atoms with Gasteiger partial charge < -0.3 is 16.0 Å². The second kappa shape index (κ2) is 6.88. The third kappa shape index (κ3) is 4.52. The van der Waals surface area contributed by atoms with Gasteiger partial charge in [-0.2, -0.15) is 0 Å². The maximum atomic E-state index is 5.96. The standard InChI is InChI=1S/C15H31N3/c1-12(2)11-18-9-7-15(8-10-18)17-14-5-3-13(16)4-6-14/h12-15,17H,3-11,16H2,1-2H3. The van der Waals surface area contributed by atoms with Crippen LogP contribution < -0.4 is 11.1 Å². The van der Waals surface area contributed by atoms with Gasteiger partial charge in [0.1, 0.15) is 0 Å². The van der Waals surface area contributed by atoms with Crippen LogP contribution in [-0.2, 0) is 0 Å². The molecule has 0 unspecified atom stereocenters. The fourth-order valence-corrected chi connectivity index (χ4v) is 3.42. The first-order valence-electron chi connectivity index (χ1n) is 7.87. The van der Waals surface area contributed by atoms with Gasteiger partial charge in [-0.05, 0) is 57.5 Å². The molecule has 2 rings (SSSR count). The van der Waals surface area contributed by atoms with Crippen molar-refractivity contribution in [2.75, 3.05) is 19.6 Å². The number of nitrogens with one attached hydrogen (secondary N) is 1. The minimum absolute atomic E-state index is 0.468. The molecule has 0 atom stereocenters. The molecule has 3 nitrogen and oxygen atoms in total. The molecule has 1 aliphatic heterocycles. The lowest BCUT2D eigenvalue weighted by molar-refractivity contribution is 0.168. The van der Waals surface area contributed by atoms with Gasteiger partial charge in [-0.25, -0.2) is 0 Å². The molecule has 0 bridgehead atoms. The van der Waals surface area contributed by atoms with Gasteiger partial charge in [-0.3, -0.25) is 0 Å². The summed E-state index contributed by atoms with van der Waals surface area (Å²) in [5.74, 6) is 0.800. The van der Waals surface area contributed by atoms with Gasteiger partial charge in [0.05, 0.1) is 0 Å². The van der Waals surface area contributed by atoms with E-state index in [1.165, 1.54) is 58.2 Å². The molecule has 0 aromatic rings. The minimum Gasteiger partial charge on any atom is -0.328 e. The Labute approximate surface area is 112 Å². The van der Waals surface area contributed by atoms with Crippen LogP contribution in [0.4, 0.5) is 0 Å². The average Bonchev–Trinajstić information content (AvgIpc) is 2.34. The van der Waals surface area contributed by atoms with Crippen molar-refractivity contribution in [3.05, 3.63) is 0 Å². The molecule has 1 heterocycles. The third-order valence-electron chi connectivity index (χ3n) is 4.45. The van der Waals surface area contributed by atoms with E-state index >= 15 is 0 Å². The van der Waals surface area contributed by atoms with Crippen LogP contribution >= 0.6 is 0 Å². The van der Waals surface area contributed by atoms with Gasteiger partial charge in [0.15, 0.2) is 0 Å². The van der Waals surface area contributed by atoms with Crippen molar-refractivity contribution >= 4 is 0 Å². The maximum absolute atomic E-state index is 5.96. The number of likely N-dealkylation sites (tertiary alicyclic amines) is 1. The van der Waals surface area contributed by atoms with Crippen LogP contribution in [0.3, 0.4) is 0 Å². The Kier molecular flexibility index (Phi) is 5.46. The molecular formula is C15H31N3. The summed E-state index contributed by atoms with van der Waals surface area (Å²) in [4.78, 5) is 2.62. The summed E-state index contributed by atoms with van der Waals surface area (Å²) in [6.45, 7) is 8.46. The van der Waals surface area contributed by atoms with Crippen molar-refractivity contribution < 1.29 is 0 Å². The zero-order valence-corrected chi connectivity index (χ0v) is 12.2. The first-order valence-corrected chi connectivity index (χ1v) is 7.87. The normalized spacial score (nSPS) is 32.0. The Balaban J connectivity index is 1.64. The van der Waals surface area contributed by atoms with Gasteiger partial charge in [0.2, 0.25) is 0 Å². The molecule has 18 heavy (non-hydrogen) atoms. The van der Waals surface area contributed by atoms with Crippen molar-refractivity contribution in [1.29, 1.82) is 0 Å². The van der Waals surface area contributed by atoms with Gasteiger partial charge in [-0.1, -0.05) is 13.8 Å². The summed E-state index contributed by atoms with van der Waals surface area (Å²) in [5, 5.41) is 3.87. The van der Waals surface area contributed by atoms with Crippen LogP contribution in [0.5, 0.6) is 0 Å². The summed E-state index contributed by atoms with van der Waals surface area (Å²) in [7, 11) is 0. The highest BCUT2D eigenvalue weighted by Gasteiger charge is 2.24. The molecule has 0 radical (unpaired) electrons. The molecule has 1 saturated heterocycles. The summed E-state index contributed by atoms with van der Waals surface area (Å²) in [5.41, 5.74) is 5.96. The van der Waals surface area contributed by atoms with E-state index in [-0.39, 0.29) is 0 Å². The number of rotatable bonds is 4. The second-order valence-electron chi connectivity index (χ2n) is 6.75. The summed E-state index contributed by atoms with van der Waals surface area (Å²) in [6.07, 6.45) is 7.65. The van der Waals surface area contributed by atoms with Crippen LogP contribution in [-0.4, -0.2) is 42.7 Å². The van der Waals surface area contributed by atoms with Crippen LogP contribution in [0.15, 0.2) is 0 Å². The van der Waals surface area contributed by atoms with Crippen LogP contribution in [0.2, 0.25) is 0 Å². The van der Waals surface area contributed by atoms with Crippen LogP contribution in [0.25, 0.3) is 0 Å². The van der Waals surface area contributed by atoms with E-state index in [0.717, 1.165) is 18.0 Å². The SMILES string of the molecule is CC(C)CN1CCC(NC2CCC(N)CC2)CC1. The molecule has 2 aliphatic rings. The predicted octanol–water partition coefficient (Wildman–Crippen LogP) is 1.97. The molecule has 0 aromatic heterocycles. The highest BCUT2D eigenvalue weighted by Crippen LogP contribution is 2.20. The summed E-state index contributed by atoms with van der Waals surface area (Å²) < 4.78 is 0. The molecule has 3 heteroatoms. The van der Waals surface area contributed by atoms with E-state index < -0.39 is 0 Å². The molecular weight excluding hydrogens is 222 g/mol. The highest BCUT2D eigenvalue weighted by atomic mass is 15.1. The van der Waals surface area contributed by atoms with Crippen LogP contribution in [0.1, 0.15) is 52.4 Å². The first kappa shape index (κ1) is 14.3. The van der Waals surface area contributed by atoms with Gasteiger partial charge in [-0.15, -0.1) is 0 Å². The van der Waals surface area contributed by atoms with Gasteiger partial charge in [0.25, 0.3) is 0 Å². The zero-order chi connectivity index (χ0) is 13.0. The van der Waals surface area contributed by atoms with Crippen molar-refractivity contribution in [2.45, 2.75) is 70.5 Å². The largest absolute Gasteiger partial charge is 0.328 e. The Morgan fingerprint density at radius 3 is 2.11 bits per heavy atom. The van der Waals surface area contributed by atoms with Crippen molar-refractivity contribution in [3.8, 4) is 0 Å². The van der Waals surface area contributed by atoms with Crippen molar-refractivity contribution in [3.63, 3.8) is 0 Å². The molecule has 0 spiro atoms. The number of hydrogen-bond donors (Lipinski definition) is 2. The minimum atomic E-state index is 0.468. The number of nitrogens with zero attached hydrogens (tertiary/aromatic N) is 1. The topological polar surface area (TPSA) is 41.3 Å². The van der Waals surface area contributed by atoms with E-state index in [9.17, 15) is 0 Å². The third-order valence-corrected chi connectivity index (χ3v) is 4.45. The second-order valence-corrected chi connectivity index (χ2v) is 6.75. The molecule has 1 aliphatic carbocycles. The smallest absolute Gasteiger partial charge is 0.00940 e. The van der Waals surface area contributed by atoms with E-state index in [4.69, 9.17) is 5.73 Å². The maximum Gasteiger partial charge on any atom is 0.00940 e. The fraction of sp³-hybridized carbons (Fsp3) is 1.00. The molecule has 0 amide bonds. The lowest BCUT2D eigenvalue weighted by Crippen LogP contribution is -2.48. The van der Waals surface area contributed by atoms with E-state index in [1.807, 2.05) is 0 Å². The summed E-state index contributed by atoms with van der Waals surface area (Å²) in [6, 6.07) is 1.97. The van der Waals surface area contributed by atoms with E-state index in [1.54, 1.807) is 0 Å². The number of nitrogens with two attached hydrogens (primary N) is 1. The molecule has 3 N–H and O–H groups in total. The Bertz CT molecular complexity index is 226. The average molecular weight is 253 g/mol. The van der Waals surface area contributed by atoms with Gasteiger partial charge >= 0.3 is 0 Å². The predicted molar refractivity (Wildman–Crippen MR) is 77.7 cm³/mol. The Morgan fingerprint density at radius 1 is 1.00 bits per heavy atom.